The number of tetrazole rings is 1. The lowest BCUT2D eigenvalue weighted by Crippen LogP contribution is -2.41. The van der Waals surface area contributed by atoms with Gasteiger partial charge in [-0.05, 0) is 79.1 Å². The lowest BCUT2D eigenvalue weighted by molar-refractivity contribution is 0.255. The van der Waals surface area contributed by atoms with Gasteiger partial charge in [0.05, 0.1) is 11.2 Å². The second-order valence-corrected chi connectivity index (χ2v) is 7.91. The van der Waals surface area contributed by atoms with Crippen molar-refractivity contribution in [3.63, 3.8) is 0 Å². The van der Waals surface area contributed by atoms with E-state index in [1.165, 1.54) is 24.0 Å². The first-order valence-corrected chi connectivity index (χ1v) is 9.78. The fraction of sp³-hybridized carbons (Fsp3) is 0.409. The molecule has 0 aliphatic heterocycles. The molecular weight excluding hydrogens is 334 g/mol. The molecule has 0 atom stereocenters. The molecule has 1 aliphatic carbocycles. The number of hydrogen-bond acceptors (Lipinski definition) is 4. The van der Waals surface area contributed by atoms with Crippen LogP contribution in [-0.4, -0.2) is 20.2 Å². The van der Waals surface area contributed by atoms with Gasteiger partial charge >= 0.3 is 0 Å². The minimum atomic E-state index is -0.258. The molecule has 4 rings (SSSR count). The van der Waals surface area contributed by atoms with E-state index in [-0.39, 0.29) is 5.54 Å². The first-order valence-electron chi connectivity index (χ1n) is 9.78. The number of aryl methyl sites for hydroxylation is 2. The van der Waals surface area contributed by atoms with Crippen LogP contribution < -0.4 is 5.32 Å². The highest BCUT2D eigenvalue weighted by Crippen LogP contribution is 2.41. The van der Waals surface area contributed by atoms with Crippen LogP contribution in [0, 0.1) is 19.8 Å². The van der Waals surface area contributed by atoms with E-state index >= 15 is 0 Å². The average molecular weight is 361 g/mol. The molecule has 0 radical (unpaired) electrons. The maximum Gasteiger partial charge on any atom is 0.181 e. The van der Waals surface area contributed by atoms with Crippen LogP contribution in [0.15, 0.2) is 48.5 Å². The zero-order valence-electron chi connectivity index (χ0n) is 16.3. The summed E-state index contributed by atoms with van der Waals surface area (Å²) in [6.07, 6.45) is 4.38. The molecule has 0 amide bonds. The molecule has 140 valence electrons. The first-order chi connectivity index (χ1) is 13.1. The summed E-state index contributed by atoms with van der Waals surface area (Å²) in [4.78, 5) is 0. The molecule has 0 spiro atoms. The zero-order chi connectivity index (χ0) is 18.9. The molecule has 0 bridgehead atoms. The van der Waals surface area contributed by atoms with Gasteiger partial charge in [-0.3, -0.25) is 0 Å². The molecule has 0 saturated heterocycles. The molecule has 1 heterocycles. The molecule has 1 saturated carbocycles. The highest BCUT2D eigenvalue weighted by atomic mass is 15.6. The molecule has 5 nitrogen and oxygen atoms in total. The SMILES string of the molecule is Cc1cccc(C)c1-n1nnnc1C1(Nc2ccccc2)CCC(C)CC1. The Hall–Kier alpha value is -2.69. The monoisotopic (exact) mass is 361 g/mol. The smallest absolute Gasteiger partial charge is 0.181 e. The van der Waals surface area contributed by atoms with E-state index in [2.05, 4.69) is 84.1 Å². The van der Waals surface area contributed by atoms with Crippen molar-refractivity contribution in [1.29, 1.82) is 0 Å². The van der Waals surface area contributed by atoms with Crippen LogP contribution in [0.5, 0.6) is 0 Å². The van der Waals surface area contributed by atoms with Gasteiger partial charge in [-0.25, -0.2) is 0 Å². The first kappa shape index (κ1) is 17.7. The third-order valence-electron chi connectivity index (χ3n) is 5.83. The molecule has 1 fully saturated rings. The molecule has 27 heavy (non-hydrogen) atoms. The van der Waals surface area contributed by atoms with Crippen LogP contribution in [0.3, 0.4) is 0 Å². The van der Waals surface area contributed by atoms with Gasteiger partial charge in [-0.15, -0.1) is 5.10 Å². The minimum absolute atomic E-state index is 0.258. The highest BCUT2D eigenvalue weighted by molar-refractivity contribution is 5.50. The molecule has 5 heteroatoms. The molecular formula is C22H27N5. The van der Waals surface area contributed by atoms with E-state index in [4.69, 9.17) is 0 Å². The quantitative estimate of drug-likeness (QED) is 0.725. The van der Waals surface area contributed by atoms with Gasteiger partial charge in [-0.2, -0.15) is 4.68 Å². The predicted molar refractivity (Wildman–Crippen MR) is 108 cm³/mol. The lowest BCUT2D eigenvalue weighted by atomic mass is 9.76. The van der Waals surface area contributed by atoms with Crippen molar-refractivity contribution < 1.29 is 0 Å². The number of anilines is 1. The van der Waals surface area contributed by atoms with Crippen molar-refractivity contribution in [3.8, 4) is 5.69 Å². The Kier molecular flexibility index (Phi) is 4.68. The largest absolute Gasteiger partial charge is 0.373 e. The van der Waals surface area contributed by atoms with Crippen molar-refractivity contribution in [2.45, 2.75) is 52.0 Å². The number of nitrogens with zero attached hydrogens (tertiary/aromatic N) is 4. The number of aromatic nitrogens is 4. The molecule has 1 aliphatic rings. The Bertz CT molecular complexity index is 887. The van der Waals surface area contributed by atoms with E-state index in [1.54, 1.807) is 0 Å². The summed E-state index contributed by atoms with van der Waals surface area (Å²) in [5.74, 6) is 1.65. The lowest BCUT2D eigenvalue weighted by Gasteiger charge is -2.39. The van der Waals surface area contributed by atoms with Gasteiger partial charge < -0.3 is 5.32 Å². The van der Waals surface area contributed by atoms with Crippen molar-refractivity contribution >= 4 is 5.69 Å². The maximum absolute atomic E-state index is 4.53. The normalized spacial score (nSPS) is 22.6. The second kappa shape index (κ2) is 7.14. The summed E-state index contributed by atoms with van der Waals surface area (Å²) in [6, 6.07) is 16.7. The van der Waals surface area contributed by atoms with Gasteiger partial charge in [0.2, 0.25) is 0 Å². The van der Waals surface area contributed by atoms with Gasteiger partial charge in [-0.1, -0.05) is 43.3 Å². The Labute approximate surface area is 160 Å². The van der Waals surface area contributed by atoms with Crippen LogP contribution in [0.2, 0.25) is 0 Å². The average Bonchev–Trinajstić information content (AvgIpc) is 3.15. The van der Waals surface area contributed by atoms with E-state index in [1.807, 2.05) is 10.7 Å². The van der Waals surface area contributed by atoms with E-state index < -0.39 is 0 Å². The van der Waals surface area contributed by atoms with Gasteiger partial charge in [0.15, 0.2) is 5.82 Å². The van der Waals surface area contributed by atoms with Crippen molar-refractivity contribution in [2.75, 3.05) is 5.32 Å². The zero-order valence-corrected chi connectivity index (χ0v) is 16.3. The van der Waals surface area contributed by atoms with E-state index in [0.29, 0.717) is 0 Å². The minimum Gasteiger partial charge on any atom is -0.373 e. The standard InChI is InChI=1S/C22H27N5/c1-16-12-14-22(15-13-16,23-19-10-5-4-6-11-19)21-24-25-26-27(21)20-17(2)8-7-9-18(20)3/h4-11,16,23H,12-15H2,1-3H3. The molecule has 1 N–H and O–H groups in total. The summed E-state index contributed by atoms with van der Waals surface area (Å²) in [7, 11) is 0. The molecule has 2 aromatic carbocycles. The summed E-state index contributed by atoms with van der Waals surface area (Å²) in [6.45, 7) is 6.57. The number of rotatable bonds is 4. The van der Waals surface area contributed by atoms with Gasteiger partial charge in [0.1, 0.15) is 0 Å². The summed E-state index contributed by atoms with van der Waals surface area (Å²) in [5.41, 5.74) is 4.31. The number of hydrogen-bond donors (Lipinski definition) is 1. The summed E-state index contributed by atoms with van der Waals surface area (Å²) in [5, 5.41) is 16.8. The van der Waals surface area contributed by atoms with Crippen molar-refractivity contribution in [2.24, 2.45) is 5.92 Å². The second-order valence-electron chi connectivity index (χ2n) is 7.91. The number of para-hydroxylation sites is 2. The van der Waals surface area contributed by atoms with Crippen molar-refractivity contribution in [3.05, 3.63) is 65.5 Å². The van der Waals surface area contributed by atoms with Crippen LogP contribution in [0.4, 0.5) is 5.69 Å². The Balaban J connectivity index is 1.82. The topological polar surface area (TPSA) is 55.6 Å². The van der Waals surface area contributed by atoms with Gasteiger partial charge in [0.25, 0.3) is 0 Å². The molecule has 3 aromatic rings. The Morgan fingerprint density at radius 3 is 2.30 bits per heavy atom. The van der Waals surface area contributed by atoms with E-state index in [9.17, 15) is 0 Å². The number of nitrogens with one attached hydrogen (secondary N) is 1. The van der Waals surface area contributed by atoms with Crippen LogP contribution in [-0.2, 0) is 5.54 Å². The molecule has 1 aromatic heterocycles. The van der Waals surface area contributed by atoms with Gasteiger partial charge in [0, 0.05) is 5.69 Å². The number of benzene rings is 2. The Morgan fingerprint density at radius 2 is 1.63 bits per heavy atom. The van der Waals surface area contributed by atoms with Crippen LogP contribution in [0.1, 0.15) is 49.6 Å². The third-order valence-corrected chi connectivity index (χ3v) is 5.83. The predicted octanol–water partition coefficient (Wildman–Crippen LogP) is 4.80. The summed E-state index contributed by atoms with van der Waals surface area (Å²) < 4.78 is 1.95. The Morgan fingerprint density at radius 1 is 0.963 bits per heavy atom. The van der Waals surface area contributed by atoms with Crippen molar-refractivity contribution in [1.82, 2.24) is 20.2 Å². The van der Waals surface area contributed by atoms with E-state index in [0.717, 1.165) is 36.0 Å². The fourth-order valence-electron chi connectivity index (χ4n) is 4.23. The summed E-state index contributed by atoms with van der Waals surface area (Å²) >= 11 is 0. The maximum atomic E-state index is 4.53. The molecule has 0 unspecified atom stereocenters. The van der Waals surface area contributed by atoms with Crippen LogP contribution in [0.25, 0.3) is 5.69 Å². The highest BCUT2D eigenvalue weighted by Gasteiger charge is 2.41. The third kappa shape index (κ3) is 3.34. The fourth-order valence-corrected chi connectivity index (χ4v) is 4.23. The van der Waals surface area contributed by atoms with Crippen LogP contribution >= 0.6 is 0 Å².